The summed E-state index contributed by atoms with van der Waals surface area (Å²) in [6, 6.07) is 2.60. The van der Waals surface area contributed by atoms with Crippen molar-refractivity contribution in [2.75, 3.05) is 17.2 Å². The second-order valence-corrected chi connectivity index (χ2v) is 5.87. The maximum absolute atomic E-state index is 4.50. The van der Waals surface area contributed by atoms with Crippen molar-refractivity contribution in [1.82, 2.24) is 9.97 Å². The zero-order valence-electron chi connectivity index (χ0n) is 13.1. The first kappa shape index (κ1) is 15.1. The second kappa shape index (κ2) is 7.46. The molecule has 0 amide bonds. The summed E-state index contributed by atoms with van der Waals surface area (Å²) >= 11 is 0. The standard InChI is InChI=1S/C16H28N4/c1-4-6-13-7-9-14(10-8-13)20-16-11-15(17-5-2)18-12(3)19-16/h11,13-14H,4-10H2,1-3H3,(H2,17,18,19,20). The minimum absolute atomic E-state index is 0.576. The van der Waals surface area contributed by atoms with Gasteiger partial charge in [0, 0.05) is 18.7 Å². The Kier molecular flexibility index (Phi) is 5.62. The Hall–Kier alpha value is -1.32. The van der Waals surface area contributed by atoms with Crippen LogP contribution in [0.15, 0.2) is 6.07 Å². The average molecular weight is 276 g/mol. The molecule has 0 aliphatic heterocycles. The Bertz CT molecular complexity index is 411. The molecule has 1 saturated carbocycles. The van der Waals surface area contributed by atoms with Gasteiger partial charge in [-0.2, -0.15) is 0 Å². The van der Waals surface area contributed by atoms with Crippen molar-refractivity contribution in [3.63, 3.8) is 0 Å². The van der Waals surface area contributed by atoms with Crippen molar-refractivity contribution < 1.29 is 0 Å². The predicted molar refractivity (Wildman–Crippen MR) is 85.2 cm³/mol. The topological polar surface area (TPSA) is 49.8 Å². The summed E-state index contributed by atoms with van der Waals surface area (Å²) in [5, 5.41) is 6.85. The molecular weight excluding hydrogens is 248 g/mol. The molecule has 1 fully saturated rings. The van der Waals surface area contributed by atoms with Gasteiger partial charge in [0.1, 0.15) is 17.5 Å². The number of hydrogen-bond acceptors (Lipinski definition) is 4. The van der Waals surface area contributed by atoms with Crippen LogP contribution >= 0.6 is 0 Å². The van der Waals surface area contributed by atoms with E-state index in [-0.39, 0.29) is 0 Å². The second-order valence-electron chi connectivity index (χ2n) is 5.87. The molecule has 0 spiro atoms. The van der Waals surface area contributed by atoms with Crippen LogP contribution in [0.1, 0.15) is 58.2 Å². The monoisotopic (exact) mass is 276 g/mol. The molecular formula is C16H28N4. The van der Waals surface area contributed by atoms with Gasteiger partial charge in [-0.05, 0) is 45.4 Å². The molecule has 4 heteroatoms. The molecule has 0 radical (unpaired) electrons. The largest absolute Gasteiger partial charge is 0.370 e. The minimum atomic E-state index is 0.576. The van der Waals surface area contributed by atoms with Crippen molar-refractivity contribution in [1.29, 1.82) is 0 Å². The Morgan fingerprint density at radius 1 is 1.10 bits per heavy atom. The van der Waals surface area contributed by atoms with E-state index < -0.39 is 0 Å². The fourth-order valence-corrected chi connectivity index (χ4v) is 3.13. The lowest BCUT2D eigenvalue weighted by Crippen LogP contribution is -2.26. The number of hydrogen-bond donors (Lipinski definition) is 2. The van der Waals surface area contributed by atoms with Crippen molar-refractivity contribution in [3.05, 3.63) is 11.9 Å². The van der Waals surface area contributed by atoms with Crippen LogP contribution in [0, 0.1) is 12.8 Å². The highest BCUT2D eigenvalue weighted by Crippen LogP contribution is 2.29. The van der Waals surface area contributed by atoms with Gasteiger partial charge in [0.25, 0.3) is 0 Å². The number of anilines is 2. The summed E-state index contributed by atoms with van der Waals surface area (Å²) in [5.41, 5.74) is 0. The fraction of sp³-hybridized carbons (Fsp3) is 0.750. The van der Waals surface area contributed by atoms with E-state index in [9.17, 15) is 0 Å². The van der Waals surface area contributed by atoms with Gasteiger partial charge in [0.15, 0.2) is 0 Å². The smallest absolute Gasteiger partial charge is 0.132 e. The van der Waals surface area contributed by atoms with E-state index in [1.54, 1.807) is 0 Å². The average Bonchev–Trinajstić information content (AvgIpc) is 2.41. The Balaban J connectivity index is 1.90. The van der Waals surface area contributed by atoms with Crippen molar-refractivity contribution >= 4 is 11.6 Å². The van der Waals surface area contributed by atoms with E-state index in [1.807, 2.05) is 13.0 Å². The molecule has 20 heavy (non-hydrogen) atoms. The number of nitrogens with zero attached hydrogens (tertiary/aromatic N) is 2. The number of rotatable bonds is 6. The molecule has 0 bridgehead atoms. The highest BCUT2D eigenvalue weighted by molar-refractivity contribution is 5.48. The fourth-order valence-electron chi connectivity index (χ4n) is 3.13. The molecule has 2 rings (SSSR count). The molecule has 1 aromatic rings. The molecule has 112 valence electrons. The van der Waals surface area contributed by atoms with Crippen LogP contribution in [-0.4, -0.2) is 22.6 Å². The van der Waals surface area contributed by atoms with Gasteiger partial charge in [-0.1, -0.05) is 19.8 Å². The zero-order chi connectivity index (χ0) is 14.4. The number of aryl methyl sites for hydroxylation is 1. The van der Waals surface area contributed by atoms with E-state index in [4.69, 9.17) is 0 Å². The van der Waals surface area contributed by atoms with E-state index >= 15 is 0 Å². The Morgan fingerprint density at radius 2 is 1.80 bits per heavy atom. The maximum atomic E-state index is 4.50. The minimum Gasteiger partial charge on any atom is -0.370 e. The van der Waals surface area contributed by atoms with Crippen LogP contribution in [-0.2, 0) is 0 Å². The molecule has 0 atom stereocenters. The normalized spacial score (nSPS) is 22.6. The third-order valence-electron chi connectivity index (χ3n) is 4.09. The summed E-state index contributed by atoms with van der Waals surface area (Å²) in [6.07, 6.45) is 7.96. The summed E-state index contributed by atoms with van der Waals surface area (Å²) in [6.45, 7) is 7.21. The van der Waals surface area contributed by atoms with Crippen LogP contribution in [0.3, 0.4) is 0 Å². The highest BCUT2D eigenvalue weighted by atomic mass is 15.1. The molecule has 4 nitrogen and oxygen atoms in total. The Morgan fingerprint density at radius 3 is 2.45 bits per heavy atom. The van der Waals surface area contributed by atoms with E-state index in [0.29, 0.717) is 6.04 Å². The van der Waals surface area contributed by atoms with Gasteiger partial charge in [-0.15, -0.1) is 0 Å². The summed E-state index contributed by atoms with van der Waals surface area (Å²) in [5.74, 6) is 3.66. The van der Waals surface area contributed by atoms with Crippen LogP contribution < -0.4 is 10.6 Å². The number of nitrogens with one attached hydrogen (secondary N) is 2. The van der Waals surface area contributed by atoms with E-state index in [0.717, 1.165) is 29.9 Å². The Labute approximate surface area is 122 Å². The van der Waals surface area contributed by atoms with Gasteiger partial charge in [-0.3, -0.25) is 0 Å². The van der Waals surface area contributed by atoms with Gasteiger partial charge < -0.3 is 10.6 Å². The number of aromatic nitrogens is 2. The van der Waals surface area contributed by atoms with Crippen molar-refractivity contribution in [2.24, 2.45) is 5.92 Å². The highest BCUT2D eigenvalue weighted by Gasteiger charge is 2.20. The lowest BCUT2D eigenvalue weighted by atomic mass is 9.83. The first-order chi connectivity index (χ1) is 9.71. The van der Waals surface area contributed by atoms with Crippen LogP contribution in [0.2, 0.25) is 0 Å². The molecule has 1 heterocycles. The van der Waals surface area contributed by atoms with Crippen molar-refractivity contribution in [2.45, 2.75) is 65.3 Å². The first-order valence-electron chi connectivity index (χ1n) is 8.07. The molecule has 0 unspecified atom stereocenters. The van der Waals surface area contributed by atoms with Crippen LogP contribution in [0.25, 0.3) is 0 Å². The lowest BCUT2D eigenvalue weighted by molar-refractivity contribution is 0.318. The van der Waals surface area contributed by atoms with Crippen molar-refractivity contribution in [3.8, 4) is 0 Å². The molecule has 1 aliphatic carbocycles. The third kappa shape index (κ3) is 4.36. The van der Waals surface area contributed by atoms with Crippen LogP contribution in [0.5, 0.6) is 0 Å². The molecule has 1 aromatic heterocycles. The zero-order valence-corrected chi connectivity index (χ0v) is 13.1. The summed E-state index contributed by atoms with van der Waals surface area (Å²) in [7, 11) is 0. The quantitative estimate of drug-likeness (QED) is 0.825. The van der Waals surface area contributed by atoms with Gasteiger partial charge in [-0.25, -0.2) is 9.97 Å². The van der Waals surface area contributed by atoms with Gasteiger partial charge in [0.2, 0.25) is 0 Å². The van der Waals surface area contributed by atoms with E-state index in [2.05, 4.69) is 34.4 Å². The van der Waals surface area contributed by atoms with Gasteiger partial charge >= 0.3 is 0 Å². The third-order valence-corrected chi connectivity index (χ3v) is 4.09. The van der Waals surface area contributed by atoms with Crippen LogP contribution in [0.4, 0.5) is 11.6 Å². The summed E-state index contributed by atoms with van der Waals surface area (Å²) in [4.78, 5) is 8.89. The molecule has 0 aromatic carbocycles. The summed E-state index contributed by atoms with van der Waals surface area (Å²) < 4.78 is 0. The van der Waals surface area contributed by atoms with E-state index in [1.165, 1.54) is 38.5 Å². The molecule has 1 aliphatic rings. The lowest BCUT2D eigenvalue weighted by Gasteiger charge is -2.29. The van der Waals surface area contributed by atoms with Gasteiger partial charge in [0.05, 0.1) is 0 Å². The maximum Gasteiger partial charge on any atom is 0.132 e. The molecule has 0 saturated heterocycles. The predicted octanol–water partition coefficient (Wildman–Crippen LogP) is 3.99. The first-order valence-corrected chi connectivity index (χ1v) is 8.07. The SMILES string of the molecule is CCCC1CCC(Nc2cc(NCC)nc(C)n2)CC1. The molecule has 2 N–H and O–H groups in total.